The third kappa shape index (κ3) is 3.63. The van der Waals surface area contributed by atoms with Crippen molar-refractivity contribution in [1.29, 1.82) is 5.26 Å². The van der Waals surface area contributed by atoms with Crippen molar-refractivity contribution in [3.8, 4) is 6.07 Å². The van der Waals surface area contributed by atoms with Crippen LogP contribution in [0.2, 0.25) is 0 Å². The number of benzene rings is 2. The molecule has 1 aromatic heterocycles. The van der Waals surface area contributed by atoms with Crippen LogP contribution in [-0.4, -0.2) is 4.98 Å². The molecule has 112 valence electrons. The molecule has 1 atom stereocenters. The van der Waals surface area contributed by atoms with Crippen LogP contribution in [-0.2, 0) is 0 Å². The molecule has 3 heteroatoms. The molecule has 23 heavy (non-hydrogen) atoms. The average Bonchev–Trinajstić information content (AvgIpc) is 2.65. The lowest BCUT2D eigenvalue weighted by atomic mass is 9.97. The first-order valence-corrected chi connectivity index (χ1v) is 7.54. The van der Waals surface area contributed by atoms with Gasteiger partial charge in [-0.1, -0.05) is 66.7 Å². The van der Waals surface area contributed by atoms with E-state index >= 15 is 0 Å². The molecule has 1 heterocycles. The zero-order chi connectivity index (χ0) is 15.9. The standard InChI is InChI=1S/C20H17N3/c21-14-19(18-12-7-13-22-15-18)23-20(16-8-3-1-4-9-16)17-10-5-2-6-11-17/h1-13,15,19-20,23H/t19-/m1/s1. The highest BCUT2D eigenvalue weighted by atomic mass is 15.0. The minimum atomic E-state index is -0.422. The van der Waals surface area contributed by atoms with E-state index in [9.17, 15) is 5.26 Å². The zero-order valence-corrected chi connectivity index (χ0v) is 12.6. The smallest absolute Gasteiger partial charge is 0.123 e. The highest BCUT2D eigenvalue weighted by Gasteiger charge is 2.19. The summed E-state index contributed by atoms with van der Waals surface area (Å²) in [4.78, 5) is 4.12. The van der Waals surface area contributed by atoms with Crippen LogP contribution in [0.4, 0.5) is 0 Å². The van der Waals surface area contributed by atoms with Crippen LogP contribution in [0.1, 0.15) is 28.8 Å². The average molecular weight is 299 g/mol. The van der Waals surface area contributed by atoms with Gasteiger partial charge in [-0.15, -0.1) is 0 Å². The molecule has 0 aliphatic rings. The Morgan fingerprint density at radius 2 is 1.35 bits per heavy atom. The maximum absolute atomic E-state index is 9.58. The number of nitriles is 1. The van der Waals surface area contributed by atoms with Crippen molar-refractivity contribution in [2.45, 2.75) is 12.1 Å². The summed E-state index contributed by atoms with van der Waals surface area (Å²) in [5, 5.41) is 13.0. The number of aromatic nitrogens is 1. The van der Waals surface area contributed by atoms with Crippen LogP contribution in [0.5, 0.6) is 0 Å². The van der Waals surface area contributed by atoms with E-state index in [0.29, 0.717) is 0 Å². The second kappa shape index (κ2) is 7.35. The molecule has 0 fully saturated rings. The molecular formula is C20H17N3. The molecule has 2 aromatic carbocycles. The van der Waals surface area contributed by atoms with Crippen molar-refractivity contribution >= 4 is 0 Å². The van der Waals surface area contributed by atoms with Gasteiger partial charge < -0.3 is 0 Å². The van der Waals surface area contributed by atoms with Crippen molar-refractivity contribution in [3.63, 3.8) is 0 Å². The minimum absolute atomic E-state index is 0.0535. The van der Waals surface area contributed by atoms with Gasteiger partial charge in [-0.3, -0.25) is 10.3 Å². The van der Waals surface area contributed by atoms with Crippen molar-refractivity contribution in [1.82, 2.24) is 10.3 Å². The molecule has 0 amide bonds. The Morgan fingerprint density at radius 1 is 0.783 bits per heavy atom. The van der Waals surface area contributed by atoms with Crippen molar-refractivity contribution in [3.05, 3.63) is 102 Å². The van der Waals surface area contributed by atoms with Gasteiger partial charge in [0.1, 0.15) is 6.04 Å². The van der Waals surface area contributed by atoms with Crippen LogP contribution in [0.3, 0.4) is 0 Å². The normalized spacial score (nSPS) is 11.8. The van der Waals surface area contributed by atoms with E-state index < -0.39 is 6.04 Å². The van der Waals surface area contributed by atoms with Gasteiger partial charge in [0.05, 0.1) is 12.1 Å². The summed E-state index contributed by atoms with van der Waals surface area (Å²) in [7, 11) is 0. The molecule has 0 aliphatic carbocycles. The highest BCUT2D eigenvalue weighted by molar-refractivity contribution is 5.33. The second-order valence-corrected chi connectivity index (χ2v) is 5.27. The molecule has 3 rings (SSSR count). The van der Waals surface area contributed by atoms with Crippen molar-refractivity contribution < 1.29 is 0 Å². The lowest BCUT2D eigenvalue weighted by Crippen LogP contribution is -2.26. The van der Waals surface area contributed by atoms with Gasteiger partial charge in [-0.25, -0.2) is 0 Å². The topological polar surface area (TPSA) is 48.7 Å². The predicted octanol–water partition coefficient (Wildman–Crippen LogP) is 4.03. The summed E-state index contributed by atoms with van der Waals surface area (Å²) in [6, 6.07) is 26.0. The van der Waals surface area contributed by atoms with Gasteiger partial charge in [0, 0.05) is 18.0 Å². The first-order valence-electron chi connectivity index (χ1n) is 7.54. The van der Waals surface area contributed by atoms with Crippen LogP contribution < -0.4 is 5.32 Å². The summed E-state index contributed by atoms with van der Waals surface area (Å²) in [5.41, 5.74) is 3.12. The maximum atomic E-state index is 9.58. The Bertz CT molecular complexity index is 725. The first kappa shape index (κ1) is 15.0. The minimum Gasteiger partial charge on any atom is -0.287 e. The molecule has 0 spiro atoms. The fourth-order valence-corrected chi connectivity index (χ4v) is 2.60. The second-order valence-electron chi connectivity index (χ2n) is 5.27. The van der Waals surface area contributed by atoms with E-state index in [1.165, 1.54) is 0 Å². The summed E-state index contributed by atoms with van der Waals surface area (Å²) in [6.45, 7) is 0. The lowest BCUT2D eigenvalue weighted by Gasteiger charge is -2.23. The SMILES string of the molecule is N#C[C@@H](NC(c1ccccc1)c1ccccc1)c1cccnc1. The third-order valence-corrected chi connectivity index (χ3v) is 3.75. The molecule has 0 radical (unpaired) electrons. The van der Waals surface area contributed by atoms with E-state index in [-0.39, 0.29) is 6.04 Å². The summed E-state index contributed by atoms with van der Waals surface area (Å²) in [6.07, 6.45) is 3.44. The first-order chi connectivity index (χ1) is 11.4. The molecule has 0 bridgehead atoms. The van der Waals surface area contributed by atoms with Crippen LogP contribution >= 0.6 is 0 Å². The van der Waals surface area contributed by atoms with Crippen molar-refractivity contribution in [2.75, 3.05) is 0 Å². The fraction of sp³-hybridized carbons (Fsp3) is 0.100. The van der Waals surface area contributed by atoms with Gasteiger partial charge >= 0.3 is 0 Å². The molecule has 0 aliphatic heterocycles. The number of rotatable bonds is 5. The molecule has 0 unspecified atom stereocenters. The monoisotopic (exact) mass is 299 g/mol. The third-order valence-electron chi connectivity index (χ3n) is 3.75. The Labute approximate surface area is 136 Å². The molecule has 0 saturated carbocycles. The largest absolute Gasteiger partial charge is 0.287 e. The number of hydrogen-bond acceptors (Lipinski definition) is 3. The van der Waals surface area contributed by atoms with Gasteiger partial charge in [0.2, 0.25) is 0 Å². The number of nitrogens with one attached hydrogen (secondary N) is 1. The van der Waals surface area contributed by atoms with E-state index in [1.54, 1.807) is 12.4 Å². The van der Waals surface area contributed by atoms with Gasteiger partial charge in [-0.05, 0) is 17.2 Å². The quantitative estimate of drug-likeness (QED) is 0.774. The number of nitrogens with zero attached hydrogens (tertiary/aromatic N) is 2. The fourth-order valence-electron chi connectivity index (χ4n) is 2.60. The predicted molar refractivity (Wildman–Crippen MR) is 90.5 cm³/mol. The van der Waals surface area contributed by atoms with E-state index in [2.05, 4.69) is 40.6 Å². The Balaban J connectivity index is 1.95. The highest BCUT2D eigenvalue weighted by Crippen LogP contribution is 2.25. The lowest BCUT2D eigenvalue weighted by molar-refractivity contribution is 0.558. The number of hydrogen-bond donors (Lipinski definition) is 1. The van der Waals surface area contributed by atoms with E-state index in [0.717, 1.165) is 16.7 Å². The van der Waals surface area contributed by atoms with E-state index in [1.807, 2.05) is 48.5 Å². The summed E-state index contributed by atoms with van der Waals surface area (Å²) < 4.78 is 0. The molecule has 0 saturated heterocycles. The molecular weight excluding hydrogens is 282 g/mol. The van der Waals surface area contributed by atoms with Gasteiger partial charge in [-0.2, -0.15) is 5.26 Å². The number of pyridine rings is 1. The van der Waals surface area contributed by atoms with Gasteiger partial charge in [0.25, 0.3) is 0 Å². The van der Waals surface area contributed by atoms with Crippen molar-refractivity contribution in [2.24, 2.45) is 0 Å². The molecule has 3 aromatic rings. The zero-order valence-electron chi connectivity index (χ0n) is 12.6. The van der Waals surface area contributed by atoms with Crippen LogP contribution in [0.25, 0.3) is 0 Å². The Morgan fingerprint density at radius 3 is 1.83 bits per heavy atom. The van der Waals surface area contributed by atoms with Crippen LogP contribution in [0.15, 0.2) is 85.2 Å². The summed E-state index contributed by atoms with van der Waals surface area (Å²) in [5.74, 6) is 0. The Kier molecular flexibility index (Phi) is 4.78. The molecule has 3 nitrogen and oxygen atoms in total. The summed E-state index contributed by atoms with van der Waals surface area (Å²) >= 11 is 0. The van der Waals surface area contributed by atoms with E-state index in [4.69, 9.17) is 0 Å². The van der Waals surface area contributed by atoms with Gasteiger partial charge in [0.15, 0.2) is 0 Å². The maximum Gasteiger partial charge on any atom is 0.123 e. The molecule has 1 N–H and O–H groups in total. The Hall–Kier alpha value is -2.96. The van der Waals surface area contributed by atoms with Crippen LogP contribution in [0, 0.1) is 11.3 Å².